The monoisotopic (exact) mass is 1140 g/mol. The molecular weight excluding hydrogens is 1130 g/mol. The summed E-state index contributed by atoms with van der Waals surface area (Å²) >= 11 is 0. The standard InChI is InChI=1S/4Bi.3NO3.4H2O.3O/c;;;;3*2-1(3)4;;;;;;;/h;;;;;;;4*1H2;;;/q4*+3;3*-1;;;;;3*-2/p-3. The maximum atomic E-state index is 8.25. The molecule has 0 fully saturated rings. The Balaban J connectivity index is -0.00000000355. The average Bonchev–Trinajstić information content (AvgIpc) is 1.54. The third-order valence-electron chi connectivity index (χ3n) is 0. The van der Waals surface area contributed by atoms with Crippen LogP contribution in [0.3, 0.4) is 0 Å². The first-order valence-electron chi connectivity index (χ1n) is 1.64. The fourth-order valence-corrected chi connectivity index (χ4v) is 0. The quantitative estimate of drug-likeness (QED) is 0.127. The zero-order valence-electron chi connectivity index (χ0n) is 9.87. The first kappa shape index (κ1) is 128. The van der Waals surface area contributed by atoms with Gasteiger partial charge in [0.25, 0.3) is 0 Å². The van der Waals surface area contributed by atoms with Gasteiger partial charge in [-0.2, -0.15) is 0 Å². The Bertz CT molecular complexity index is 125. The maximum Gasteiger partial charge on any atom is 3.00 e. The molecule has 0 bridgehead atoms. The number of rotatable bonds is 0. The van der Waals surface area contributed by atoms with Gasteiger partial charge in [0.15, 0.2) is 0 Å². The average molecular weight is 1140 g/mol. The molecule has 0 amide bonds. The number of hydrogen-bond acceptors (Lipinski definition) is 12. The SMILES string of the molecule is O.O=[N+]([O-])[O-].O=[N+]([O-])[O-].O=[N+]([O-])[O-].[Bi+3].[Bi+3].[Bi+3].[Bi+3].[O-2].[O-2].[O-2].[OH-].[OH-].[OH-]. The fourth-order valence-electron chi connectivity index (χ4n) is 0. The third kappa shape index (κ3) is 13700. The van der Waals surface area contributed by atoms with Gasteiger partial charge < -0.3 is 84.3 Å². The van der Waals surface area contributed by atoms with Crippen LogP contribution in [0.15, 0.2) is 0 Å². The molecule has 23 heavy (non-hydrogen) atoms. The summed E-state index contributed by atoms with van der Waals surface area (Å²) in [5, 5.41) is 44.2. The van der Waals surface area contributed by atoms with E-state index in [1.165, 1.54) is 0 Å². The molecule has 5 N–H and O–H groups in total. The van der Waals surface area contributed by atoms with Crippen molar-refractivity contribution in [3.8, 4) is 0 Å². The van der Waals surface area contributed by atoms with Crippen molar-refractivity contribution in [2.75, 3.05) is 0 Å². The van der Waals surface area contributed by atoms with Crippen LogP contribution in [0.25, 0.3) is 0 Å². The van der Waals surface area contributed by atoms with Crippen LogP contribution in [0.2, 0.25) is 0 Å². The minimum atomic E-state index is -1.75. The molecule has 0 unspecified atom stereocenters. The van der Waals surface area contributed by atoms with Gasteiger partial charge in [0.05, 0.1) is 15.3 Å². The summed E-state index contributed by atoms with van der Waals surface area (Å²) in [4.78, 5) is 24.8. The van der Waals surface area contributed by atoms with E-state index in [9.17, 15) is 0 Å². The number of hydrogen-bond donors (Lipinski definition) is 0. The summed E-state index contributed by atoms with van der Waals surface area (Å²) in [6.07, 6.45) is 0. The molecule has 0 aromatic rings. The van der Waals surface area contributed by atoms with Crippen LogP contribution in [0.4, 0.5) is 0 Å². The second kappa shape index (κ2) is 112. The zero-order valence-corrected chi connectivity index (χ0v) is 23.8. The minimum Gasteiger partial charge on any atom is -2.00 e. The minimum absolute atomic E-state index is 0. The Morgan fingerprint density at radius 3 is 0.435 bits per heavy atom. The van der Waals surface area contributed by atoms with Gasteiger partial charge in [0.1, 0.15) is 0 Å². The summed E-state index contributed by atoms with van der Waals surface area (Å²) in [6.45, 7) is 0. The van der Waals surface area contributed by atoms with Crippen LogP contribution in [0.1, 0.15) is 0 Å². The van der Waals surface area contributed by atoms with E-state index in [-0.39, 0.29) is 143 Å². The first-order chi connectivity index (χ1) is 5.20. The van der Waals surface area contributed by atoms with Crippen LogP contribution in [-0.2, 0) is 16.4 Å². The van der Waals surface area contributed by atoms with E-state index in [1.807, 2.05) is 0 Å². The Hall–Kier alpha value is 0.852. The van der Waals surface area contributed by atoms with Gasteiger partial charge in [0, 0.05) is 0 Å². The van der Waals surface area contributed by atoms with Crippen molar-refractivity contribution in [2.45, 2.75) is 0 Å². The van der Waals surface area contributed by atoms with E-state index in [2.05, 4.69) is 0 Å². The predicted octanol–water partition coefficient (Wildman–Crippen LogP) is -3.95. The number of nitrogens with zero attached hydrogens (tertiary/aromatic N) is 3. The first-order valence-corrected chi connectivity index (χ1v) is 1.64. The molecule has 0 aromatic heterocycles. The van der Waals surface area contributed by atoms with Gasteiger partial charge in [-0.15, -0.1) is 0 Å². The molecule has 0 heterocycles. The molecule has 23 heteroatoms. The van der Waals surface area contributed by atoms with Crippen LogP contribution < -0.4 is 0 Å². The van der Waals surface area contributed by atoms with Crippen molar-refractivity contribution in [1.29, 1.82) is 0 Å². The van der Waals surface area contributed by atoms with Crippen LogP contribution >= 0.6 is 0 Å². The second-order valence-corrected chi connectivity index (χ2v) is 0.671. The predicted molar refractivity (Wildman–Crippen MR) is 65.6 cm³/mol. The van der Waals surface area contributed by atoms with Crippen molar-refractivity contribution in [3.05, 3.63) is 46.0 Å². The smallest absolute Gasteiger partial charge is 2.00 e. The summed E-state index contributed by atoms with van der Waals surface area (Å²) in [7, 11) is 0. The van der Waals surface area contributed by atoms with Gasteiger partial charge in [-0.25, -0.2) is 0 Å². The zero-order chi connectivity index (χ0) is 10.7. The molecule has 0 aliphatic heterocycles. The molecule has 0 aliphatic rings. The van der Waals surface area contributed by atoms with Gasteiger partial charge in [-0.3, -0.25) is 0 Å². The van der Waals surface area contributed by atoms with Crippen molar-refractivity contribution in [2.24, 2.45) is 0 Å². The molecule has 0 rings (SSSR count). The third-order valence-corrected chi connectivity index (χ3v) is 0. The Labute approximate surface area is 202 Å². The van der Waals surface area contributed by atoms with Crippen LogP contribution in [-0.4, -0.2) is 142 Å². The van der Waals surface area contributed by atoms with E-state index >= 15 is 0 Å². The van der Waals surface area contributed by atoms with Crippen LogP contribution in [0.5, 0.6) is 0 Å². The van der Waals surface area contributed by atoms with Crippen LogP contribution in [0, 0.1) is 46.0 Å². The summed E-state index contributed by atoms with van der Waals surface area (Å²) < 4.78 is 0. The van der Waals surface area contributed by atoms with E-state index in [0.29, 0.717) is 0 Å². The van der Waals surface area contributed by atoms with Crippen molar-refractivity contribution in [1.82, 2.24) is 0 Å². The summed E-state index contributed by atoms with van der Waals surface area (Å²) in [5.41, 5.74) is 0. The van der Waals surface area contributed by atoms with Gasteiger partial charge in [-0.1, -0.05) is 0 Å². The van der Waals surface area contributed by atoms with E-state index < -0.39 is 15.3 Å². The molecule has 0 aliphatic carbocycles. The molecule has 0 atom stereocenters. The largest absolute Gasteiger partial charge is 3.00 e. The van der Waals surface area contributed by atoms with Crippen molar-refractivity contribution >= 4 is 105 Å². The summed E-state index contributed by atoms with van der Waals surface area (Å²) in [6, 6.07) is 0. The van der Waals surface area contributed by atoms with Gasteiger partial charge >= 0.3 is 105 Å². The Morgan fingerprint density at radius 1 is 0.435 bits per heavy atom. The topological polar surface area (TPSA) is 406 Å². The van der Waals surface area contributed by atoms with Gasteiger partial charge in [-0.05, 0) is 0 Å². The van der Waals surface area contributed by atoms with E-state index in [1.54, 1.807) is 0 Å². The maximum absolute atomic E-state index is 8.25. The molecular formula is H5Bi4N3O16. The van der Waals surface area contributed by atoms with Crippen molar-refractivity contribution < 1.29 is 53.6 Å². The summed E-state index contributed by atoms with van der Waals surface area (Å²) in [5.74, 6) is 0. The van der Waals surface area contributed by atoms with Gasteiger partial charge in [0.2, 0.25) is 0 Å². The molecule has 0 spiro atoms. The molecule has 19 nitrogen and oxygen atoms in total. The molecule has 0 aromatic carbocycles. The Morgan fingerprint density at radius 2 is 0.435 bits per heavy atom. The second-order valence-electron chi connectivity index (χ2n) is 0.671. The molecule has 0 saturated carbocycles. The van der Waals surface area contributed by atoms with Crippen molar-refractivity contribution in [3.63, 3.8) is 0 Å². The molecule has 136 valence electrons. The van der Waals surface area contributed by atoms with E-state index in [0.717, 1.165) is 0 Å². The Kier molecular flexibility index (Phi) is 627. The molecule has 8 radical (unpaired) electrons. The molecule has 0 saturated heterocycles. The fraction of sp³-hybridized carbons (Fsp3) is 0. The van der Waals surface area contributed by atoms with E-state index in [4.69, 9.17) is 46.0 Å². The normalized spacial score (nSPS) is 3.13.